The van der Waals surface area contributed by atoms with Crippen LogP contribution in [0.3, 0.4) is 0 Å². The first kappa shape index (κ1) is 4.32. The lowest BCUT2D eigenvalue weighted by Crippen LogP contribution is -1.91. The van der Waals surface area contributed by atoms with Gasteiger partial charge in [0.1, 0.15) is 6.42 Å². The van der Waals surface area contributed by atoms with Gasteiger partial charge in [0.15, 0.2) is 5.41 Å². The summed E-state index contributed by atoms with van der Waals surface area (Å²) in [6.07, 6.45) is 3.45. The first-order chi connectivity index (χ1) is 2.77. The second kappa shape index (κ2) is 1.06. The van der Waals surface area contributed by atoms with E-state index in [9.17, 15) is 0 Å². The first-order valence-electron chi connectivity index (χ1n) is 2.17. The predicted octanol–water partition coefficient (Wildman–Crippen LogP) is 1.84. The topological polar surface area (TPSA) is 0 Å². The molecule has 0 spiro atoms. The van der Waals surface area contributed by atoms with Crippen molar-refractivity contribution in [2.24, 2.45) is 5.41 Å². The molecule has 1 rings (SSSR count). The zero-order valence-electron chi connectivity index (χ0n) is 3.87. The van der Waals surface area contributed by atoms with Crippen molar-refractivity contribution in [2.75, 3.05) is 5.88 Å². The molecule has 0 nitrogen and oxygen atoms in total. The molecule has 1 aliphatic rings. The zero-order chi connectivity index (χ0) is 4.62. The van der Waals surface area contributed by atoms with Crippen LogP contribution in [-0.2, 0) is 0 Å². The third kappa shape index (κ3) is 0.624. The van der Waals surface area contributed by atoms with Crippen LogP contribution in [0.15, 0.2) is 0 Å². The normalized spacial score (nSPS) is 41.7. The van der Waals surface area contributed by atoms with E-state index in [1.165, 1.54) is 6.42 Å². The van der Waals surface area contributed by atoms with Crippen LogP contribution in [-0.4, -0.2) is 5.88 Å². The average molecular weight is 104 g/mol. The summed E-state index contributed by atoms with van der Waals surface area (Å²) >= 11 is 5.51. The Morgan fingerprint density at radius 3 is 2.50 bits per heavy atom. The molecule has 1 fully saturated rings. The highest BCUT2D eigenvalue weighted by molar-refractivity contribution is 6.18. The van der Waals surface area contributed by atoms with Gasteiger partial charge in [-0.3, -0.25) is 0 Å². The lowest BCUT2D eigenvalue weighted by atomic mass is 10.2. The second-order valence-corrected chi connectivity index (χ2v) is 2.46. The third-order valence-electron chi connectivity index (χ3n) is 1.21. The van der Waals surface area contributed by atoms with E-state index in [0.29, 0.717) is 5.41 Å². The first-order valence-corrected chi connectivity index (χ1v) is 2.71. The van der Waals surface area contributed by atoms with E-state index in [1.54, 1.807) is 0 Å². The summed E-state index contributed by atoms with van der Waals surface area (Å²) < 4.78 is 0. The molecule has 0 aromatic heterocycles. The Morgan fingerprint density at radius 1 is 2.00 bits per heavy atom. The molecule has 1 atom stereocenters. The van der Waals surface area contributed by atoms with Gasteiger partial charge in [0, 0.05) is 0 Å². The summed E-state index contributed by atoms with van der Waals surface area (Å²) in [6.45, 7) is 2.17. The highest BCUT2D eigenvalue weighted by Gasteiger charge is 2.50. The van der Waals surface area contributed by atoms with Crippen molar-refractivity contribution in [3.63, 3.8) is 0 Å². The van der Waals surface area contributed by atoms with E-state index in [2.05, 4.69) is 13.3 Å². The fourth-order valence-electron chi connectivity index (χ4n) is 0.283. The van der Waals surface area contributed by atoms with Gasteiger partial charge in [-0.05, 0) is 6.92 Å². The van der Waals surface area contributed by atoms with E-state index in [0.717, 1.165) is 5.88 Å². The maximum atomic E-state index is 5.51. The van der Waals surface area contributed by atoms with Crippen molar-refractivity contribution in [1.82, 2.24) is 0 Å². The summed E-state index contributed by atoms with van der Waals surface area (Å²) in [4.78, 5) is 0. The largest absolute Gasteiger partial charge is 0.158 e. The lowest BCUT2D eigenvalue weighted by molar-refractivity contribution is 0.693. The lowest BCUT2D eigenvalue weighted by Gasteiger charge is -1.83. The summed E-state index contributed by atoms with van der Waals surface area (Å²) in [7, 11) is 0. The second-order valence-electron chi connectivity index (χ2n) is 2.20. The summed E-state index contributed by atoms with van der Waals surface area (Å²) in [5.74, 6) is 0.799. The Balaban J connectivity index is 2.28. The molecule has 0 radical (unpaired) electrons. The van der Waals surface area contributed by atoms with Gasteiger partial charge in [0.25, 0.3) is 0 Å². The molecule has 1 aliphatic carbocycles. The van der Waals surface area contributed by atoms with Crippen LogP contribution in [0.25, 0.3) is 0 Å². The van der Waals surface area contributed by atoms with Crippen LogP contribution in [0.2, 0.25) is 0 Å². The smallest absolute Gasteiger partial charge is 0.121 e. The van der Waals surface area contributed by atoms with Gasteiger partial charge in [-0.25, -0.2) is 0 Å². The Bertz CT molecular complexity index is 55.0. The monoisotopic (exact) mass is 103 g/mol. The van der Waals surface area contributed by atoms with Crippen LogP contribution in [0.5, 0.6) is 0 Å². The molecule has 0 bridgehead atoms. The maximum absolute atomic E-state index is 5.51. The molecule has 0 N–H and O–H groups in total. The fourth-order valence-corrected chi connectivity index (χ4v) is 0.502. The van der Waals surface area contributed by atoms with Crippen LogP contribution >= 0.6 is 11.6 Å². The van der Waals surface area contributed by atoms with Gasteiger partial charge in [-0.2, -0.15) is 0 Å². The number of halogens is 1. The van der Waals surface area contributed by atoms with E-state index in [1.807, 2.05) is 0 Å². The Morgan fingerprint density at radius 2 is 2.50 bits per heavy atom. The quantitative estimate of drug-likeness (QED) is 0.351. The van der Waals surface area contributed by atoms with E-state index in [4.69, 9.17) is 11.6 Å². The maximum Gasteiger partial charge on any atom is 0.158 e. The minimum absolute atomic E-state index is 0.432. The highest BCUT2D eigenvalue weighted by atomic mass is 35.5. The summed E-state index contributed by atoms with van der Waals surface area (Å²) in [5, 5.41) is 0. The Kier molecular flexibility index (Phi) is 0.767. The van der Waals surface area contributed by atoms with Crippen LogP contribution in [0, 0.1) is 11.8 Å². The molecule has 0 saturated heterocycles. The highest BCUT2D eigenvalue weighted by Crippen LogP contribution is 2.44. The van der Waals surface area contributed by atoms with Gasteiger partial charge in [-0.1, -0.05) is 0 Å². The van der Waals surface area contributed by atoms with Crippen LogP contribution < -0.4 is 0 Å². The van der Waals surface area contributed by atoms with Crippen molar-refractivity contribution >= 4 is 11.6 Å². The molecule has 0 amide bonds. The molecule has 0 aromatic carbocycles. The predicted molar refractivity (Wildman–Crippen MR) is 27.7 cm³/mol. The standard InChI is InChI=1S/C5H8Cl/c1-5(4-6)2-3-5/h2H,3-4H2,1H3/q+1. The SMILES string of the molecule is CC1(CCl)[CH+]C1. The Hall–Kier alpha value is 0.160. The number of hydrogen-bond acceptors (Lipinski definition) is 0. The minimum atomic E-state index is 0.432. The number of rotatable bonds is 1. The minimum Gasteiger partial charge on any atom is -0.121 e. The molecule has 0 heterocycles. The molecule has 34 valence electrons. The fraction of sp³-hybridized carbons (Fsp3) is 0.800. The molecular weight excluding hydrogens is 95.5 g/mol. The van der Waals surface area contributed by atoms with Gasteiger partial charge in [0.2, 0.25) is 0 Å². The van der Waals surface area contributed by atoms with E-state index in [-0.39, 0.29) is 0 Å². The third-order valence-corrected chi connectivity index (χ3v) is 1.82. The van der Waals surface area contributed by atoms with Crippen molar-refractivity contribution in [1.29, 1.82) is 0 Å². The number of hydrogen-bond donors (Lipinski definition) is 0. The number of alkyl halides is 1. The van der Waals surface area contributed by atoms with E-state index < -0.39 is 0 Å². The summed E-state index contributed by atoms with van der Waals surface area (Å²) in [5.41, 5.74) is 0.432. The van der Waals surface area contributed by atoms with Gasteiger partial charge < -0.3 is 0 Å². The molecule has 1 unspecified atom stereocenters. The van der Waals surface area contributed by atoms with Gasteiger partial charge in [-0.15, -0.1) is 11.6 Å². The molecule has 1 heteroatoms. The van der Waals surface area contributed by atoms with Crippen molar-refractivity contribution < 1.29 is 0 Å². The van der Waals surface area contributed by atoms with Crippen LogP contribution in [0.4, 0.5) is 0 Å². The molecule has 6 heavy (non-hydrogen) atoms. The molecule has 1 saturated carbocycles. The van der Waals surface area contributed by atoms with E-state index >= 15 is 0 Å². The summed E-state index contributed by atoms with van der Waals surface area (Å²) in [6, 6.07) is 0. The Labute approximate surface area is 43.5 Å². The molecule has 0 aromatic rings. The van der Waals surface area contributed by atoms with Gasteiger partial charge in [0.05, 0.1) is 12.3 Å². The average Bonchev–Trinajstić information content (AvgIpc) is 2.22. The van der Waals surface area contributed by atoms with Crippen LogP contribution in [0.1, 0.15) is 13.3 Å². The van der Waals surface area contributed by atoms with Gasteiger partial charge >= 0.3 is 0 Å². The van der Waals surface area contributed by atoms with Crippen molar-refractivity contribution in [2.45, 2.75) is 13.3 Å². The zero-order valence-corrected chi connectivity index (χ0v) is 4.63. The van der Waals surface area contributed by atoms with Crippen molar-refractivity contribution in [3.8, 4) is 0 Å². The molecular formula is C5H8Cl+. The molecule has 0 aliphatic heterocycles. The van der Waals surface area contributed by atoms with Crippen molar-refractivity contribution in [3.05, 3.63) is 6.42 Å².